The second-order valence-corrected chi connectivity index (χ2v) is 7.62. The number of hydrogen-bond acceptors (Lipinski definition) is 6. The quantitative estimate of drug-likeness (QED) is 0.705. The molecule has 0 spiro atoms. The van der Waals surface area contributed by atoms with E-state index < -0.39 is 0 Å². The van der Waals surface area contributed by atoms with Crippen LogP contribution in [-0.4, -0.2) is 39.0 Å². The molecule has 1 atom stereocenters. The van der Waals surface area contributed by atoms with Gasteiger partial charge in [0.15, 0.2) is 5.76 Å². The van der Waals surface area contributed by atoms with Crippen molar-refractivity contribution < 1.29 is 9.32 Å². The van der Waals surface area contributed by atoms with Gasteiger partial charge in [0.2, 0.25) is 5.91 Å². The van der Waals surface area contributed by atoms with Crippen molar-refractivity contribution in [2.45, 2.75) is 32.1 Å². The molecule has 7 heteroatoms. The lowest BCUT2D eigenvalue weighted by Gasteiger charge is -2.33. The SMILES string of the molecule is Cc1cc(-c2cncnc2[C@H]2CCCN(C(=O)Cc3cccs3)C2)on1. The van der Waals surface area contributed by atoms with Crippen molar-refractivity contribution in [2.24, 2.45) is 0 Å². The highest BCUT2D eigenvalue weighted by atomic mass is 32.1. The van der Waals surface area contributed by atoms with Gasteiger partial charge in [0.05, 0.1) is 23.4 Å². The number of aryl methyl sites for hydroxylation is 1. The van der Waals surface area contributed by atoms with Crippen LogP contribution in [0.15, 0.2) is 40.6 Å². The monoisotopic (exact) mass is 368 g/mol. The Morgan fingerprint density at radius 3 is 3.15 bits per heavy atom. The summed E-state index contributed by atoms with van der Waals surface area (Å²) in [7, 11) is 0. The molecule has 6 nitrogen and oxygen atoms in total. The third-order valence-corrected chi connectivity index (χ3v) is 5.58. The van der Waals surface area contributed by atoms with E-state index in [1.54, 1.807) is 23.9 Å². The summed E-state index contributed by atoms with van der Waals surface area (Å²) in [6.45, 7) is 3.38. The largest absolute Gasteiger partial charge is 0.356 e. The molecule has 1 saturated heterocycles. The number of piperidine rings is 1. The van der Waals surface area contributed by atoms with Crippen molar-refractivity contribution >= 4 is 17.2 Å². The zero-order chi connectivity index (χ0) is 17.9. The van der Waals surface area contributed by atoms with Crippen molar-refractivity contribution in [1.82, 2.24) is 20.0 Å². The topological polar surface area (TPSA) is 72.1 Å². The Kier molecular flexibility index (Phi) is 4.79. The summed E-state index contributed by atoms with van der Waals surface area (Å²) in [6.07, 6.45) is 5.78. The number of rotatable bonds is 4. The van der Waals surface area contributed by atoms with E-state index in [2.05, 4.69) is 15.1 Å². The van der Waals surface area contributed by atoms with Crippen molar-refractivity contribution in [1.29, 1.82) is 0 Å². The molecule has 3 aromatic heterocycles. The summed E-state index contributed by atoms with van der Waals surface area (Å²) < 4.78 is 5.42. The molecule has 1 aliphatic rings. The molecule has 1 amide bonds. The van der Waals surface area contributed by atoms with Gasteiger partial charge < -0.3 is 9.42 Å². The number of thiophene rings is 1. The number of amides is 1. The van der Waals surface area contributed by atoms with E-state index >= 15 is 0 Å². The normalized spacial score (nSPS) is 17.4. The van der Waals surface area contributed by atoms with Crippen LogP contribution in [0.25, 0.3) is 11.3 Å². The molecule has 0 radical (unpaired) electrons. The third-order valence-electron chi connectivity index (χ3n) is 4.70. The van der Waals surface area contributed by atoms with Crippen LogP contribution < -0.4 is 0 Å². The molecule has 0 unspecified atom stereocenters. The number of hydrogen-bond donors (Lipinski definition) is 0. The number of carbonyl (C=O) groups excluding carboxylic acids is 1. The Morgan fingerprint density at radius 2 is 2.38 bits per heavy atom. The van der Waals surface area contributed by atoms with Crippen LogP contribution in [0.2, 0.25) is 0 Å². The summed E-state index contributed by atoms with van der Waals surface area (Å²) in [5.41, 5.74) is 2.63. The average Bonchev–Trinajstić information content (AvgIpc) is 3.33. The Hall–Kier alpha value is -2.54. The van der Waals surface area contributed by atoms with Gasteiger partial charge in [0, 0.05) is 36.1 Å². The predicted octanol–water partition coefficient (Wildman–Crippen LogP) is 3.45. The molecule has 4 rings (SSSR count). The first-order valence-corrected chi connectivity index (χ1v) is 9.62. The predicted molar refractivity (Wildman–Crippen MR) is 98.8 cm³/mol. The fourth-order valence-corrected chi connectivity index (χ4v) is 4.14. The number of carbonyl (C=O) groups is 1. The van der Waals surface area contributed by atoms with E-state index in [1.165, 1.54) is 0 Å². The van der Waals surface area contributed by atoms with Crippen LogP contribution >= 0.6 is 11.3 Å². The maximum atomic E-state index is 12.7. The van der Waals surface area contributed by atoms with Gasteiger partial charge in [-0.2, -0.15) is 0 Å². The maximum Gasteiger partial charge on any atom is 0.227 e. The van der Waals surface area contributed by atoms with E-state index in [0.717, 1.165) is 41.2 Å². The summed E-state index contributed by atoms with van der Waals surface area (Å²) in [5.74, 6) is 1.04. The Morgan fingerprint density at radius 1 is 1.46 bits per heavy atom. The van der Waals surface area contributed by atoms with E-state index in [-0.39, 0.29) is 11.8 Å². The van der Waals surface area contributed by atoms with Crippen LogP contribution in [0.5, 0.6) is 0 Å². The van der Waals surface area contributed by atoms with Crippen molar-refractivity contribution in [2.75, 3.05) is 13.1 Å². The zero-order valence-electron chi connectivity index (χ0n) is 14.6. The van der Waals surface area contributed by atoms with Crippen LogP contribution in [0, 0.1) is 6.92 Å². The molecule has 0 aliphatic carbocycles. The van der Waals surface area contributed by atoms with Gasteiger partial charge in [0.1, 0.15) is 6.33 Å². The minimum atomic E-state index is 0.180. The minimum absolute atomic E-state index is 0.180. The van der Waals surface area contributed by atoms with Gasteiger partial charge in [-0.25, -0.2) is 9.97 Å². The molecule has 134 valence electrons. The van der Waals surface area contributed by atoms with Crippen LogP contribution in [0.4, 0.5) is 0 Å². The smallest absolute Gasteiger partial charge is 0.227 e. The highest BCUT2D eigenvalue weighted by Crippen LogP contribution is 2.33. The third kappa shape index (κ3) is 3.53. The van der Waals surface area contributed by atoms with Gasteiger partial charge in [-0.1, -0.05) is 11.2 Å². The van der Waals surface area contributed by atoms with Crippen LogP contribution in [0.1, 0.15) is 35.0 Å². The number of likely N-dealkylation sites (tertiary alicyclic amines) is 1. The summed E-state index contributed by atoms with van der Waals surface area (Å²) in [4.78, 5) is 24.4. The van der Waals surface area contributed by atoms with Gasteiger partial charge in [-0.05, 0) is 31.2 Å². The fourth-order valence-electron chi connectivity index (χ4n) is 3.45. The summed E-state index contributed by atoms with van der Waals surface area (Å²) in [6, 6.07) is 5.89. The molecule has 1 fully saturated rings. The lowest BCUT2D eigenvalue weighted by molar-refractivity contribution is -0.131. The van der Waals surface area contributed by atoms with Crippen molar-refractivity contribution in [3.05, 3.63) is 52.4 Å². The van der Waals surface area contributed by atoms with Crippen LogP contribution in [-0.2, 0) is 11.2 Å². The van der Waals surface area contributed by atoms with Crippen LogP contribution in [0.3, 0.4) is 0 Å². The Balaban J connectivity index is 1.54. The van der Waals surface area contributed by atoms with Gasteiger partial charge in [-0.3, -0.25) is 4.79 Å². The van der Waals surface area contributed by atoms with Crippen molar-refractivity contribution in [3.8, 4) is 11.3 Å². The van der Waals surface area contributed by atoms with E-state index in [9.17, 15) is 4.79 Å². The molecule has 1 aliphatic heterocycles. The molecule has 3 aromatic rings. The van der Waals surface area contributed by atoms with Gasteiger partial charge in [0.25, 0.3) is 0 Å². The first-order valence-electron chi connectivity index (χ1n) is 8.74. The first-order chi connectivity index (χ1) is 12.7. The standard InChI is InChI=1S/C19H20N4O2S/c1-13-8-17(25-22-13)16-10-20-12-21-19(16)14-4-2-6-23(11-14)18(24)9-15-5-3-7-26-15/h3,5,7-8,10,12,14H,2,4,6,9,11H2,1H3/t14-/m0/s1. The molecule has 4 heterocycles. The average molecular weight is 368 g/mol. The van der Waals surface area contributed by atoms with Gasteiger partial charge in [-0.15, -0.1) is 11.3 Å². The second-order valence-electron chi connectivity index (χ2n) is 6.59. The Bertz CT molecular complexity index is 891. The zero-order valence-corrected chi connectivity index (χ0v) is 15.4. The molecule has 0 bridgehead atoms. The summed E-state index contributed by atoms with van der Waals surface area (Å²) >= 11 is 1.63. The molecule has 0 saturated carbocycles. The van der Waals surface area contributed by atoms with Gasteiger partial charge >= 0.3 is 0 Å². The first kappa shape index (κ1) is 16.9. The lowest BCUT2D eigenvalue weighted by atomic mass is 9.91. The maximum absolute atomic E-state index is 12.7. The molecule has 0 N–H and O–H groups in total. The minimum Gasteiger partial charge on any atom is -0.356 e. The number of aromatic nitrogens is 3. The molecule has 0 aromatic carbocycles. The van der Waals surface area contributed by atoms with E-state index in [4.69, 9.17) is 4.52 Å². The molecular weight excluding hydrogens is 348 g/mol. The van der Waals surface area contributed by atoms with E-state index in [1.807, 2.05) is 35.4 Å². The highest BCUT2D eigenvalue weighted by Gasteiger charge is 2.28. The van der Waals surface area contributed by atoms with E-state index in [0.29, 0.717) is 18.7 Å². The number of nitrogens with zero attached hydrogens (tertiary/aromatic N) is 4. The second kappa shape index (κ2) is 7.37. The highest BCUT2D eigenvalue weighted by molar-refractivity contribution is 7.10. The molecule has 26 heavy (non-hydrogen) atoms. The lowest BCUT2D eigenvalue weighted by Crippen LogP contribution is -2.40. The molecular formula is C19H20N4O2S. The van der Waals surface area contributed by atoms with Crippen molar-refractivity contribution in [3.63, 3.8) is 0 Å². The fraction of sp³-hybridized carbons (Fsp3) is 0.368. The Labute approximate surface area is 155 Å². The summed E-state index contributed by atoms with van der Waals surface area (Å²) in [5, 5.41) is 5.98.